The zero-order valence-electron chi connectivity index (χ0n) is 9.92. The molecule has 3 nitrogen and oxygen atoms in total. The molecule has 0 radical (unpaired) electrons. The number of halogens is 2. The summed E-state index contributed by atoms with van der Waals surface area (Å²) < 4.78 is 2.06. The van der Waals surface area contributed by atoms with Crippen molar-refractivity contribution in [2.24, 2.45) is 0 Å². The Morgan fingerprint density at radius 1 is 1.53 bits per heavy atom. The van der Waals surface area contributed by atoms with Crippen LogP contribution in [0.15, 0.2) is 21.2 Å². The predicted octanol–water partition coefficient (Wildman–Crippen LogP) is 2.79. The van der Waals surface area contributed by atoms with Crippen LogP contribution in [0.2, 0.25) is 0 Å². The Morgan fingerprint density at radius 2 is 2.35 bits per heavy atom. The lowest BCUT2D eigenvalue weighted by molar-refractivity contribution is 0.300. The first-order valence-electron chi connectivity index (χ1n) is 5.87. The molecule has 1 fully saturated rings. The Balaban J connectivity index is 1.81. The second kappa shape index (κ2) is 6.27. The van der Waals surface area contributed by atoms with Crippen molar-refractivity contribution in [2.45, 2.75) is 25.4 Å². The fourth-order valence-corrected chi connectivity index (χ4v) is 3.29. The highest BCUT2D eigenvalue weighted by Gasteiger charge is 2.19. The zero-order valence-corrected chi connectivity index (χ0v) is 13.1. The van der Waals surface area contributed by atoms with Gasteiger partial charge in [0, 0.05) is 34.3 Å². The van der Waals surface area contributed by atoms with Crippen LogP contribution in [-0.4, -0.2) is 36.1 Å². The molecule has 94 valence electrons. The summed E-state index contributed by atoms with van der Waals surface area (Å²) in [5.41, 5.74) is 1.06. The van der Waals surface area contributed by atoms with E-state index in [2.05, 4.69) is 54.1 Å². The van der Waals surface area contributed by atoms with E-state index < -0.39 is 0 Å². The molecule has 0 amide bonds. The van der Waals surface area contributed by atoms with E-state index in [-0.39, 0.29) is 0 Å². The molecule has 1 N–H and O–H groups in total. The fourth-order valence-electron chi connectivity index (χ4n) is 2.17. The Morgan fingerprint density at radius 3 is 3.00 bits per heavy atom. The number of aromatic nitrogens is 1. The molecule has 2 rings (SSSR count). The summed E-state index contributed by atoms with van der Waals surface area (Å²) >= 11 is 6.94. The van der Waals surface area contributed by atoms with Gasteiger partial charge in [0.25, 0.3) is 0 Å². The topological polar surface area (TPSA) is 28.2 Å². The van der Waals surface area contributed by atoms with E-state index in [0.29, 0.717) is 6.04 Å². The number of nitrogens with zero attached hydrogens (tertiary/aromatic N) is 2. The first-order valence-corrected chi connectivity index (χ1v) is 7.46. The predicted molar refractivity (Wildman–Crippen MR) is 77.0 cm³/mol. The summed E-state index contributed by atoms with van der Waals surface area (Å²) in [6.07, 6.45) is 4.46. The van der Waals surface area contributed by atoms with Crippen molar-refractivity contribution in [2.75, 3.05) is 20.1 Å². The molecule has 1 aliphatic rings. The van der Waals surface area contributed by atoms with Crippen molar-refractivity contribution >= 4 is 31.9 Å². The Labute approximate surface area is 119 Å². The molecule has 0 spiro atoms. The largest absolute Gasteiger partial charge is 0.310 e. The molecular weight excluding hydrogens is 346 g/mol. The minimum atomic E-state index is 0.684. The maximum Gasteiger partial charge on any atom is 0.0684 e. The average molecular weight is 363 g/mol. The van der Waals surface area contributed by atoms with Gasteiger partial charge >= 0.3 is 0 Å². The number of rotatable bonds is 4. The first-order chi connectivity index (χ1) is 8.16. The van der Waals surface area contributed by atoms with Crippen molar-refractivity contribution in [3.63, 3.8) is 0 Å². The maximum atomic E-state index is 4.39. The fraction of sp³-hybridized carbons (Fsp3) is 0.583. The van der Waals surface area contributed by atoms with E-state index in [1.165, 1.54) is 19.4 Å². The Bertz CT molecular complexity index is 384. The van der Waals surface area contributed by atoms with Crippen LogP contribution >= 0.6 is 31.9 Å². The van der Waals surface area contributed by atoms with Crippen LogP contribution in [0.25, 0.3) is 0 Å². The van der Waals surface area contributed by atoms with Gasteiger partial charge in [-0.25, -0.2) is 0 Å². The van der Waals surface area contributed by atoms with Gasteiger partial charge < -0.3 is 10.2 Å². The van der Waals surface area contributed by atoms with Gasteiger partial charge in [-0.3, -0.25) is 4.98 Å². The SMILES string of the molecule is CN1CCCC1CNCc1ncc(Br)cc1Br. The Hall–Kier alpha value is 0.0300. The van der Waals surface area contributed by atoms with Gasteiger partial charge in [0.2, 0.25) is 0 Å². The van der Waals surface area contributed by atoms with Crippen LogP contribution in [0.1, 0.15) is 18.5 Å². The van der Waals surface area contributed by atoms with Gasteiger partial charge in [-0.2, -0.15) is 0 Å². The van der Waals surface area contributed by atoms with E-state index in [0.717, 1.165) is 27.7 Å². The van der Waals surface area contributed by atoms with Crippen molar-refractivity contribution in [1.82, 2.24) is 15.2 Å². The van der Waals surface area contributed by atoms with Gasteiger partial charge in [-0.05, 0) is 64.4 Å². The summed E-state index contributed by atoms with van der Waals surface area (Å²) in [4.78, 5) is 6.82. The molecule has 1 unspecified atom stereocenters. The van der Waals surface area contributed by atoms with Crippen LogP contribution in [0.5, 0.6) is 0 Å². The third kappa shape index (κ3) is 3.74. The van der Waals surface area contributed by atoms with Crippen LogP contribution in [-0.2, 0) is 6.54 Å². The molecule has 2 heterocycles. The second-order valence-corrected chi connectivity index (χ2v) is 6.26. The minimum absolute atomic E-state index is 0.684. The zero-order chi connectivity index (χ0) is 12.3. The molecule has 1 aromatic heterocycles. The lowest BCUT2D eigenvalue weighted by Crippen LogP contribution is -2.35. The average Bonchev–Trinajstić information content (AvgIpc) is 2.68. The molecule has 17 heavy (non-hydrogen) atoms. The maximum absolute atomic E-state index is 4.39. The molecule has 1 aromatic rings. The van der Waals surface area contributed by atoms with Crippen molar-refractivity contribution in [3.8, 4) is 0 Å². The summed E-state index contributed by atoms with van der Waals surface area (Å²) in [6, 6.07) is 2.72. The third-order valence-electron chi connectivity index (χ3n) is 3.23. The molecule has 0 saturated carbocycles. The van der Waals surface area contributed by atoms with Gasteiger partial charge in [0.05, 0.1) is 5.69 Å². The lowest BCUT2D eigenvalue weighted by atomic mass is 10.2. The van der Waals surface area contributed by atoms with Gasteiger partial charge in [0.15, 0.2) is 0 Å². The van der Waals surface area contributed by atoms with Crippen molar-refractivity contribution in [1.29, 1.82) is 0 Å². The standard InChI is InChI=1S/C12H17Br2N3/c1-17-4-2-3-10(17)7-15-8-12-11(14)5-9(13)6-16-12/h5-6,10,15H,2-4,7-8H2,1H3. The van der Waals surface area contributed by atoms with E-state index in [9.17, 15) is 0 Å². The van der Waals surface area contributed by atoms with Crippen molar-refractivity contribution < 1.29 is 0 Å². The molecule has 0 bridgehead atoms. The monoisotopic (exact) mass is 361 g/mol. The van der Waals surface area contributed by atoms with Crippen LogP contribution in [0, 0.1) is 0 Å². The highest BCUT2D eigenvalue weighted by atomic mass is 79.9. The molecule has 1 saturated heterocycles. The highest BCUT2D eigenvalue weighted by Crippen LogP contribution is 2.19. The van der Waals surface area contributed by atoms with Crippen molar-refractivity contribution in [3.05, 3.63) is 26.9 Å². The number of hydrogen-bond acceptors (Lipinski definition) is 3. The summed E-state index contributed by atoms with van der Waals surface area (Å²) in [7, 11) is 2.20. The number of pyridine rings is 1. The van der Waals surface area contributed by atoms with E-state index in [1.807, 2.05) is 12.3 Å². The van der Waals surface area contributed by atoms with E-state index in [1.54, 1.807) is 0 Å². The second-order valence-electron chi connectivity index (χ2n) is 4.49. The molecule has 0 aliphatic carbocycles. The smallest absolute Gasteiger partial charge is 0.0684 e. The number of nitrogens with one attached hydrogen (secondary N) is 1. The summed E-state index contributed by atoms with van der Waals surface area (Å²) in [6.45, 7) is 3.09. The molecule has 1 aliphatic heterocycles. The third-order valence-corrected chi connectivity index (χ3v) is 4.35. The van der Waals surface area contributed by atoms with Gasteiger partial charge in [0.1, 0.15) is 0 Å². The molecule has 0 aromatic carbocycles. The number of likely N-dealkylation sites (tertiary alicyclic amines) is 1. The normalized spacial score (nSPS) is 21.0. The Kier molecular flexibility index (Phi) is 4.97. The highest BCUT2D eigenvalue weighted by molar-refractivity contribution is 9.11. The lowest BCUT2D eigenvalue weighted by Gasteiger charge is -2.19. The summed E-state index contributed by atoms with van der Waals surface area (Å²) in [5, 5.41) is 3.48. The van der Waals surface area contributed by atoms with Crippen LogP contribution < -0.4 is 5.32 Å². The molecular formula is C12H17Br2N3. The van der Waals surface area contributed by atoms with Gasteiger partial charge in [-0.15, -0.1) is 0 Å². The molecule has 1 atom stereocenters. The minimum Gasteiger partial charge on any atom is -0.310 e. The molecule has 5 heteroatoms. The van der Waals surface area contributed by atoms with Gasteiger partial charge in [-0.1, -0.05) is 0 Å². The van der Waals surface area contributed by atoms with Crippen LogP contribution in [0.3, 0.4) is 0 Å². The first kappa shape index (κ1) is 13.5. The number of likely N-dealkylation sites (N-methyl/N-ethyl adjacent to an activating group) is 1. The van der Waals surface area contributed by atoms with E-state index in [4.69, 9.17) is 0 Å². The van der Waals surface area contributed by atoms with E-state index >= 15 is 0 Å². The summed E-state index contributed by atoms with van der Waals surface area (Å²) in [5.74, 6) is 0. The quantitative estimate of drug-likeness (QED) is 0.892. The number of hydrogen-bond donors (Lipinski definition) is 1. The van der Waals surface area contributed by atoms with Crippen LogP contribution in [0.4, 0.5) is 0 Å².